The van der Waals surface area contributed by atoms with E-state index in [2.05, 4.69) is 28.2 Å². The fourth-order valence-corrected chi connectivity index (χ4v) is 3.65. The molecule has 3 N–H and O–H groups in total. The van der Waals surface area contributed by atoms with E-state index in [4.69, 9.17) is 18.0 Å². The summed E-state index contributed by atoms with van der Waals surface area (Å²) in [7, 11) is 0. The molecule has 0 unspecified atom stereocenters. The molecule has 1 aromatic carbocycles. The van der Waals surface area contributed by atoms with Gasteiger partial charge in [0.1, 0.15) is 4.99 Å². The molecule has 1 aliphatic rings. The second kappa shape index (κ2) is 6.85. The smallest absolute Gasteiger partial charge is 0.161 e. The van der Waals surface area contributed by atoms with Crippen LogP contribution in [0.5, 0.6) is 0 Å². The van der Waals surface area contributed by atoms with E-state index in [-0.39, 0.29) is 10.8 Å². The minimum absolute atomic E-state index is 0.200. The third kappa shape index (κ3) is 3.50. The molecule has 0 aliphatic heterocycles. The molecule has 5 heteroatoms. The van der Waals surface area contributed by atoms with Gasteiger partial charge in [0.15, 0.2) is 5.82 Å². The monoisotopic (exact) mass is 358 g/mol. The van der Waals surface area contributed by atoms with Crippen LogP contribution in [-0.4, -0.2) is 11.0 Å². The number of nitrogens with one attached hydrogen (secondary N) is 1. The average Bonchev–Trinajstić information content (AvgIpc) is 2.44. The van der Waals surface area contributed by atoms with Crippen LogP contribution in [0.3, 0.4) is 0 Å². The first-order valence-corrected chi connectivity index (χ1v) is 8.27. The van der Waals surface area contributed by atoms with Crippen LogP contribution in [0, 0.1) is 11.7 Å². The molecule has 0 spiro atoms. The molecule has 0 radical (unpaired) electrons. The minimum atomic E-state index is -0.312. The first-order valence-electron chi connectivity index (χ1n) is 7.07. The summed E-state index contributed by atoms with van der Waals surface area (Å²) in [6.45, 7) is 2.24. The summed E-state index contributed by atoms with van der Waals surface area (Å²) in [6, 6.07) is 3.84. The molecule has 1 fully saturated rings. The molecule has 0 atom stereocenters. The summed E-state index contributed by atoms with van der Waals surface area (Å²) in [6.07, 6.45) is 5.90. The van der Waals surface area contributed by atoms with E-state index in [0.29, 0.717) is 21.8 Å². The third-order valence-electron chi connectivity index (χ3n) is 4.13. The lowest BCUT2D eigenvalue weighted by atomic mass is 9.84. The molecule has 110 valence electrons. The molecule has 1 saturated carbocycles. The first kappa shape index (κ1) is 15.7. The maximum absolute atomic E-state index is 14.3. The number of thiocarbonyl (C=S) groups is 1. The Morgan fingerprint density at radius 3 is 2.60 bits per heavy atom. The Balaban J connectivity index is 2.07. The fourth-order valence-electron chi connectivity index (χ4n) is 2.79. The molecule has 1 aliphatic carbocycles. The van der Waals surface area contributed by atoms with Crippen molar-refractivity contribution in [3.8, 4) is 0 Å². The molecule has 20 heavy (non-hydrogen) atoms. The van der Waals surface area contributed by atoms with E-state index < -0.39 is 0 Å². The molecule has 0 bridgehead atoms. The number of anilines is 1. The van der Waals surface area contributed by atoms with Crippen LogP contribution < -0.4 is 11.1 Å². The highest BCUT2D eigenvalue weighted by Crippen LogP contribution is 2.31. The van der Waals surface area contributed by atoms with E-state index in [1.165, 1.54) is 19.3 Å². The maximum atomic E-state index is 14.3. The number of halogens is 2. The van der Waals surface area contributed by atoms with E-state index in [1.54, 1.807) is 12.1 Å². The number of rotatable bonds is 4. The summed E-state index contributed by atoms with van der Waals surface area (Å²) in [5, 5.41) is 3.31. The maximum Gasteiger partial charge on any atom is 0.161 e. The standard InChI is InChI=1S/C15H20BrFN2S/c1-2-9-3-5-10(6-4-9)19-12-8-7-11(15(18)20)13(16)14(12)17/h7-10,19H,2-6H2,1H3,(H2,18,20). The zero-order valence-electron chi connectivity index (χ0n) is 11.6. The zero-order chi connectivity index (χ0) is 14.7. The normalized spacial score (nSPS) is 22.6. The SMILES string of the molecule is CCC1CCC(Nc2ccc(C(N)=S)c(Br)c2F)CC1. The molecule has 0 saturated heterocycles. The van der Waals surface area contributed by atoms with Crippen molar-refractivity contribution in [3.05, 3.63) is 28.0 Å². The van der Waals surface area contributed by atoms with Crippen molar-refractivity contribution in [1.82, 2.24) is 0 Å². The summed E-state index contributed by atoms with van der Waals surface area (Å²) >= 11 is 8.14. The van der Waals surface area contributed by atoms with Gasteiger partial charge in [-0.15, -0.1) is 0 Å². The van der Waals surface area contributed by atoms with E-state index in [0.717, 1.165) is 18.8 Å². The Hall–Kier alpha value is -0.680. The van der Waals surface area contributed by atoms with E-state index in [9.17, 15) is 4.39 Å². The van der Waals surface area contributed by atoms with Gasteiger partial charge in [-0.05, 0) is 59.7 Å². The predicted molar refractivity (Wildman–Crippen MR) is 89.6 cm³/mol. The number of hydrogen-bond donors (Lipinski definition) is 2. The number of hydrogen-bond acceptors (Lipinski definition) is 2. The quantitative estimate of drug-likeness (QED) is 0.772. The molecular weight excluding hydrogens is 339 g/mol. The van der Waals surface area contributed by atoms with E-state index >= 15 is 0 Å². The first-order chi connectivity index (χ1) is 9.52. The van der Waals surface area contributed by atoms with Crippen molar-refractivity contribution in [3.63, 3.8) is 0 Å². The van der Waals surface area contributed by atoms with Gasteiger partial charge in [-0.1, -0.05) is 25.6 Å². The summed E-state index contributed by atoms with van der Waals surface area (Å²) in [5.74, 6) is 0.523. The molecule has 0 aromatic heterocycles. The highest BCUT2D eigenvalue weighted by Gasteiger charge is 2.21. The molecule has 2 rings (SSSR count). The van der Waals surface area contributed by atoms with Gasteiger partial charge in [0.2, 0.25) is 0 Å². The van der Waals surface area contributed by atoms with Crippen LogP contribution in [0.1, 0.15) is 44.6 Å². The van der Waals surface area contributed by atoms with Crippen LogP contribution in [0.4, 0.5) is 10.1 Å². The third-order valence-corrected chi connectivity index (χ3v) is 5.13. The molecule has 0 heterocycles. The second-order valence-electron chi connectivity index (χ2n) is 5.42. The fraction of sp³-hybridized carbons (Fsp3) is 0.533. The largest absolute Gasteiger partial charge is 0.389 e. The van der Waals surface area contributed by atoms with Crippen LogP contribution >= 0.6 is 28.1 Å². The summed E-state index contributed by atoms with van der Waals surface area (Å²) in [5.41, 5.74) is 6.63. The molecular formula is C15H20BrFN2S. The topological polar surface area (TPSA) is 38.0 Å². The Morgan fingerprint density at radius 1 is 1.40 bits per heavy atom. The molecule has 2 nitrogen and oxygen atoms in total. The van der Waals surface area contributed by atoms with E-state index in [1.807, 2.05) is 0 Å². The highest BCUT2D eigenvalue weighted by molar-refractivity contribution is 9.10. The van der Waals surface area contributed by atoms with Gasteiger partial charge >= 0.3 is 0 Å². The van der Waals surface area contributed by atoms with Crippen molar-refractivity contribution >= 4 is 38.8 Å². The average molecular weight is 359 g/mol. The van der Waals surface area contributed by atoms with Crippen molar-refractivity contribution < 1.29 is 4.39 Å². The summed E-state index contributed by atoms with van der Waals surface area (Å²) in [4.78, 5) is 0.200. The van der Waals surface area contributed by atoms with Crippen LogP contribution in [0.15, 0.2) is 16.6 Å². The number of benzene rings is 1. The second-order valence-corrected chi connectivity index (χ2v) is 6.66. The number of nitrogens with two attached hydrogens (primary N) is 1. The molecule has 0 amide bonds. The lowest BCUT2D eigenvalue weighted by Crippen LogP contribution is -2.26. The van der Waals surface area contributed by atoms with Crippen LogP contribution in [-0.2, 0) is 0 Å². The summed E-state index contributed by atoms with van der Waals surface area (Å²) < 4.78 is 14.6. The minimum Gasteiger partial charge on any atom is -0.389 e. The van der Waals surface area contributed by atoms with Gasteiger partial charge in [-0.2, -0.15) is 0 Å². The zero-order valence-corrected chi connectivity index (χ0v) is 14.0. The van der Waals surface area contributed by atoms with Gasteiger partial charge in [-0.25, -0.2) is 4.39 Å². The molecule has 1 aromatic rings. The van der Waals surface area contributed by atoms with Crippen LogP contribution in [0.2, 0.25) is 0 Å². The Bertz CT molecular complexity index is 499. The predicted octanol–water partition coefficient (Wildman–Crippen LogP) is 4.60. The lowest BCUT2D eigenvalue weighted by Gasteiger charge is -2.29. The van der Waals surface area contributed by atoms with Gasteiger partial charge in [0.25, 0.3) is 0 Å². The van der Waals surface area contributed by atoms with Gasteiger partial charge < -0.3 is 11.1 Å². The van der Waals surface area contributed by atoms with Gasteiger partial charge in [-0.3, -0.25) is 0 Å². The Kier molecular flexibility index (Phi) is 5.38. The Labute approximate surface area is 133 Å². The van der Waals surface area contributed by atoms with Crippen molar-refractivity contribution in [1.29, 1.82) is 0 Å². The van der Waals surface area contributed by atoms with Gasteiger partial charge in [0.05, 0.1) is 10.2 Å². The highest BCUT2D eigenvalue weighted by atomic mass is 79.9. The van der Waals surface area contributed by atoms with Crippen LogP contribution in [0.25, 0.3) is 0 Å². The lowest BCUT2D eigenvalue weighted by molar-refractivity contribution is 0.329. The van der Waals surface area contributed by atoms with Crippen molar-refractivity contribution in [2.45, 2.75) is 45.1 Å². The van der Waals surface area contributed by atoms with Crippen molar-refractivity contribution in [2.24, 2.45) is 11.7 Å². The van der Waals surface area contributed by atoms with Gasteiger partial charge in [0, 0.05) is 11.6 Å². The Morgan fingerprint density at radius 2 is 2.05 bits per heavy atom. The van der Waals surface area contributed by atoms with Crippen molar-refractivity contribution in [2.75, 3.05) is 5.32 Å².